The van der Waals surface area contributed by atoms with Gasteiger partial charge in [-0.05, 0) is 13.0 Å². The lowest BCUT2D eigenvalue weighted by Gasteiger charge is -2.07. The summed E-state index contributed by atoms with van der Waals surface area (Å²) >= 11 is 1.57. The van der Waals surface area contributed by atoms with E-state index < -0.39 is 5.97 Å². The molecule has 0 saturated carbocycles. The number of nitrogens with zero attached hydrogens (tertiary/aromatic N) is 2. The average Bonchev–Trinajstić information content (AvgIpc) is 2.83. The molecule has 2 rings (SSSR count). The van der Waals surface area contributed by atoms with Crippen molar-refractivity contribution in [1.82, 2.24) is 9.97 Å². The van der Waals surface area contributed by atoms with Gasteiger partial charge in [0.1, 0.15) is 10.8 Å². The van der Waals surface area contributed by atoms with E-state index in [1.807, 2.05) is 12.3 Å². The molecule has 100 valence electrons. The van der Waals surface area contributed by atoms with Crippen LogP contribution in [0, 0.1) is 6.92 Å². The first-order valence-electron chi connectivity index (χ1n) is 5.59. The number of ether oxygens (including phenoxy) is 1. The minimum Gasteiger partial charge on any atom is -0.465 e. The van der Waals surface area contributed by atoms with Gasteiger partial charge in [0.15, 0.2) is 0 Å². The summed E-state index contributed by atoms with van der Waals surface area (Å²) in [7, 11) is 1.31. The largest absolute Gasteiger partial charge is 0.465 e. The lowest BCUT2D eigenvalue weighted by molar-refractivity contribution is 0.0602. The van der Waals surface area contributed by atoms with Crippen LogP contribution in [0.25, 0.3) is 0 Å². The number of carbonyl (C=O) groups excluding carboxylic acids is 1. The zero-order valence-corrected chi connectivity index (χ0v) is 11.5. The van der Waals surface area contributed by atoms with Gasteiger partial charge in [-0.2, -0.15) is 0 Å². The molecule has 3 N–H and O–H groups in total. The maximum Gasteiger partial charge on any atom is 0.340 e. The Bertz CT molecular complexity index is 597. The van der Waals surface area contributed by atoms with E-state index in [4.69, 9.17) is 5.73 Å². The number of anilines is 2. The van der Waals surface area contributed by atoms with Crippen LogP contribution in [0.2, 0.25) is 0 Å². The second kappa shape index (κ2) is 5.66. The van der Waals surface area contributed by atoms with E-state index in [1.54, 1.807) is 17.4 Å². The molecule has 0 aliphatic rings. The van der Waals surface area contributed by atoms with Crippen LogP contribution in [0.3, 0.4) is 0 Å². The van der Waals surface area contributed by atoms with Crippen molar-refractivity contribution in [1.29, 1.82) is 0 Å². The van der Waals surface area contributed by atoms with E-state index in [-0.39, 0.29) is 0 Å². The Kier molecular flexibility index (Phi) is 3.96. The number of pyridine rings is 1. The first-order chi connectivity index (χ1) is 9.10. The Hall–Kier alpha value is -2.15. The van der Waals surface area contributed by atoms with Crippen LogP contribution >= 0.6 is 11.3 Å². The molecule has 0 aliphatic carbocycles. The van der Waals surface area contributed by atoms with Crippen molar-refractivity contribution in [3.63, 3.8) is 0 Å². The molecule has 2 heterocycles. The summed E-state index contributed by atoms with van der Waals surface area (Å²) in [5, 5.41) is 6.03. The molecule has 7 heteroatoms. The van der Waals surface area contributed by atoms with Crippen molar-refractivity contribution in [3.05, 3.63) is 33.9 Å². The number of rotatable bonds is 4. The molecule has 0 fully saturated rings. The Morgan fingerprint density at radius 3 is 3.00 bits per heavy atom. The maximum atomic E-state index is 11.5. The monoisotopic (exact) mass is 278 g/mol. The Morgan fingerprint density at radius 1 is 1.58 bits per heavy atom. The highest BCUT2D eigenvalue weighted by Crippen LogP contribution is 2.17. The quantitative estimate of drug-likeness (QED) is 0.829. The molecule has 0 radical (unpaired) electrons. The fourth-order valence-corrected chi connectivity index (χ4v) is 2.21. The lowest BCUT2D eigenvalue weighted by Crippen LogP contribution is -2.08. The van der Waals surface area contributed by atoms with Gasteiger partial charge in [0.2, 0.25) is 0 Å². The number of hydrogen-bond donors (Lipinski definition) is 2. The zero-order chi connectivity index (χ0) is 13.8. The SMILES string of the molecule is COC(=O)c1cc(NCc2nc(C)cs2)ncc1N. The number of nitrogens with one attached hydrogen (secondary N) is 1. The molecule has 6 nitrogen and oxygen atoms in total. The van der Waals surface area contributed by atoms with Gasteiger partial charge in [-0.25, -0.2) is 14.8 Å². The van der Waals surface area contributed by atoms with Gasteiger partial charge in [0.05, 0.1) is 31.1 Å². The van der Waals surface area contributed by atoms with E-state index in [0.717, 1.165) is 10.7 Å². The van der Waals surface area contributed by atoms with Crippen LogP contribution < -0.4 is 11.1 Å². The van der Waals surface area contributed by atoms with Gasteiger partial charge >= 0.3 is 5.97 Å². The van der Waals surface area contributed by atoms with Gasteiger partial charge in [-0.15, -0.1) is 11.3 Å². The van der Waals surface area contributed by atoms with Gasteiger partial charge < -0.3 is 15.8 Å². The molecule has 0 spiro atoms. The molecule has 0 unspecified atom stereocenters. The van der Waals surface area contributed by atoms with Crippen LogP contribution in [0.15, 0.2) is 17.6 Å². The molecular formula is C12H14N4O2S. The van der Waals surface area contributed by atoms with E-state index in [9.17, 15) is 4.79 Å². The zero-order valence-electron chi connectivity index (χ0n) is 10.6. The second-order valence-electron chi connectivity index (χ2n) is 3.88. The van der Waals surface area contributed by atoms with Crippen LogP contribution in [-0.2, 0) is 11.3 Å². The molecular weight excluding hydrogens is 264 g/mol. The number of aryl methyl sites for hydroxylation is 1. The van der Waals surface area contributed by atoms with Crippen LogP contribution in [0.5, 0.6) is 0 Å². The highest BCUT2D eigenvalue weighted by atomic mass is 32.1. The topological polar surface area (TPSA) is 90.1 Å². The highest BCUT2D eigenvalue weighted by molar-refractivity contribution is 7.09. The summed E-state index contributed by atoms with van der Waals surface area (Å²) in [6.45, 7) is 2.49. The maximum absolute atomic E-state index is 11.5. The van der Waals surface area contributed by atoms with E-state index in [0.29, 0.717) is 23.6 Å². The number of hydrogen-bond acceptors (Lipinski definition) is 7. The summed E-state index contributed by atoms with van der Waals surface area (Å²) < 4.78 is 4.65. The van der Waals surface area contributed by atoms with Crippen LogP contribution in [0.1, 0.15) is 21.1 Å². The first kappa shape index (κ1) is 13.3. The summed E-state index contributed by atoms with van der Waals surface area (Å²) in [4.78, 5) is 19.9. The summed E-state index contributed by atoms with van der Waals surface area (Å²) in [6, 6.07) is 1.57. The normalized spacial score (nSPS) is 10.2. The third kappa shape index (κ3) is 3.19. The molecule has 0 bridgehead atoms. The Balaban J connectivity index is 2.10. The van der Waals surface area contributed by atoms with Crippen molar-refractivity contribution in [2.24, 2.45) is 0 Å². The lowest BCUT2D eigenvalue weighted by atomic mass is 10.2. The van der Waals surface area contributed by atoms with Crippen molar-refractivity contribution in [2.45, 2.75) is 13.5 Å². The molecule has 2 aromatic rings. The predicted molar refractivity (Wildman–Crippen MR) is 74.2 cm³/mol. The smallest absolute Gasteiger partial charge is 0.340 e. The van der Waals surface area contributed by atoms with E-state index >= 15 is 0 Å². The highest BCUT2D eigenvalue weighted by Gasteiger charge is 2.11. The van der Waals surface area contributed by atoms with Crippen LogP contribution in [0.4, 0.5) is 11.5 Å². The molecule has 0 aliphatic heterocycles. The molecule has 0 atom stereocenters. The van der Waals surface area contributed by atoms with E-state index in [2.05, 4.69) is 20.0 Å². The van der Waals surface area contributed by atoms with Gasteiger partial charge in [0, 0.05) is 11.1 Å². The minimum absolute atomic E-state index is 0.294. The molecule has 0 saturated heterocycles. The standard InChI is InChI=1S/C12H14N4O2S/c1-7-6-19-11(16-7)5-15-10-3-8(12(17)18-2)9(13)4-14-10/h3-4,6H,5,13H2,1-2H3,(H,14,15). The van der Waals surface area contributed by atoms with E-state index in [1.165, 1.54) is 13.3 Å². The summed E-state index contributed by atoms with van der Waals surface area (Å²) in [5.74, 6) is 0.0792. The average molecular weight is 278 g/mol. The Labute approximate surface area is 114 Å². The summed E-state index contributed by atoms with van der Waals surface area (Å²) in [5.41, 5.74) is 7.26. The van der Waals surface area contributed by atoms with Crippen molar-refractivity contribution < 1.29 is 9.53 Å². The molecule has 0 aromatic carbocycles. The summed E-state index contributed by atoms with van der Waals surface area (Å²) in [6.07, 6.45) is 1.43. The van der Waals surface area contributed by atoms with Crippen molar-refractivity contribution >= 4 is 28.8 Å². The number of nitrogens with two attached hydrogens (primary N) is 1. The third-order valence-corrected chi connectivity index (χ3v) is 3.39. The van der Waals surface area contributed by atoms with Crippen LogP contribution in [-0.4, -0.2) is 23.0 Å². The number of aromatic nitrogens is 2. The fraction of sp³-hybridized carbons (Fsp3) is 0.250. The number of esters is 1. The molecule has 19 heavy (non-hydrogen) atoms. The number of thiazole rings is 1. The van der Waals surface area contributed by atoms with Crippen molar-refractivity contribution in [3.8, 4) is 0 Å². The number of carbonyl (C=O) groups is 1. The minimum atomic E-state index is -0.479. The molecule has 2 aromatic heterocycles. The van der Waals surface area contributed by atoms with Gasteiger partial charge in [-0.1, -0.05) is 0 Å². The number of methoxy groups -OCH3 is 1. The van der Waals surface area contributed by atoms with Gasteiger partial charge in [-0.3, -0.25) is 0 Å². The third-order valence-electron chi connectivity index (χ3n) is 2.43. The van der Waals surface area contributed by atoms with Crippen molar-refractivity contribution in [2.75, 3.05) is 18.2 Å². The fourth-order valence-electron chi connectivity index (χ4n) is 1.50. The first-order valence-corrected chi connectivity index (χ1v) is 6.47. The molecule has 0 amide bonds. The number of nitrogen functional groups attached to an aromatic ring is 1. The predicted octanol–water partition coefficient (Wildman–Crippen LogP) is 1.83. The van der Waals surface area contributed by atoms with Gasteiger partial charge in [0.25, 0.3) is 0 Å². The second-order valence-corrected chi connectivity index (χ2v) is 4.83. The Morgan fingerprint density at radius 2 is 2.37 bits per heavy atom.